The SMILES string of the molecule is N#Cc1ccc(OCC(=O)NNC(=S)Nc2ccc(OC(F)(F)F)cc2)cc1. The number of amides is 1. The molecule has 0 heterocycles. The van der Waals surface area contributed by atoms with Gasteiger partial charge >= 0.3 is 6.36 Å². The molecular formula is C17H13F3N4O3S. The predicted molar refractivity (Wildman–Crippen MR) is 97.3 cm³/mol. The number of nitriles is 1. The maximum Gasteiger partial charge on any atom is 0.573 e. The van der Waals surface area contributed by atoms with Gasteiger partial charge in [-0.25, -0.2) is 0 Å². The van der Waals surface area contributed by atoms with Crippen LogP contribution in [-0.4, -0.2) is 24.0 Å². The molecule has 0 spiro atoms. The van der Waals surface area contributed by atoms with Crippen LogP contribution in [0.4, 0.5) is 18.9 Å². The summed E-state index contributed by atoms with van der Waals surface area (Å²) in [5, 5.41) is 11.4. The normalized spacial score (nSPS) is 10.4. The van der Waals surface area contributed by atoms with Crippen LogP contribution < -0.4 is 25.6 Å². The molecule has 146 valence electrons. The molecule has 7 nitrogen and oxygen atoms in total. The molecule has 2 rings (SSSR count). The van der Waals surface area contributed by atoms with E-state index in [0.717, 1.165) is 12.1 Å². The number of ether oxygens (including phenoxy) is 2. The molecule has 0 aliphatic rings. The summed E-state index contributed by atoms with van der Waals surface area (Å²) >= 11 is 4.96. The fraction of sp³-hybridized carbons (Fsp3) is 0.118. The van der Waals surface area contributed by atoms with Crippen molar-refractivity contribution < 1.29 is 27.4 Å². The zero-order valence-electron chi connectivity index (χ0n) is 14.0. The summed E-state index contributed by atoms with van der Waals surface area (Å²) < 4.78 is 45.3. The summed E-state index contributed by atoms with van der Waals surface area (Å²) in [4.78, 5) is 11.7. The molecule has 0 atom stereocenters. The van der Waals surface area contributed by atoms with E-state index >= 15 is 0 Å². The second kappa shape index (κ2) is 9.43. The van der Waals surface area contributed by atoms with Crippen LogP contribution in [0.2, 0.25) is 0 Å². The summed E-state index contributed by atoms with van der Waals surface area (Å²) in [5.41, 5.74) is 5.57. The minimum atomic E-state index is -4.77. The molecule has 2 aromatic carbocycles. The number of alkyl halides is 3. The lowest BCUT2D eigenvalue weighted by Gasteiger charge is -2.13. The molecule has 28 heavy (non-hydrogen) atoms. The van der Waals surface area contributed by atoms with Crippen LogP contribution in [0.1, 0.15) is 5.56 Å². The van der Waals surface area contributed by atoms with Crippen molar-refractivity contribution in [2.24, 2.45) is 0 Å². The van der Waals surface area contributed by atoms with Gasteiger partial charge in [-0.05, 0) is 60.7 Å². The number of thiocarbonyl (C=S) groups is 1. The highest BCUT2D eigenvalue weighted by atomic mass is 32.1. The highest BCUT2D eigenvalue weighted by Crippen LogP contribution is 2.23. The number of nitrogens with zero attached hydrogens (tertiary/aromatic N) is 1. The Morgan fingerprint density at radius 2 is 1.64 bits per heavy atom. The van der Waals surface area contributed by atoms with Crippen molar-refractivity contribution in [3.63, 3.8) is 0 Å². The maximum atomic E-state index is 12.1. The van der Waals surface area contributed by atoms with Crippen LogP contribution in [0.25, 0.3) is 0 Å². The minimum absolute atomic E-state index is 0.0104. The summed E-state index contributed by atoms with van der Waals surface area (Å²) in [5.74, 6) is -0.483. The third-order valence-corrected chi connectivity index (χ3v) is 3.22. The molecular weight excluding hydrogens is 397 g/mol. The molecule has 2 aromatic rings. The number of halogens is 3. The Hall–Kier alpha value is -3.52. The van der Waals surface area contributed by atoms with Crippen molar-refractivity contribution in [3.05, 3.63) is 54.1 Å². The average molecular weight is 410 g/mol. The zero-order chi connectivity index (χ0) is 20.6. The molecule has 0 aliphatic carbocycles. The predicted octanol–water partition coefficient (Wildman–Crippen LogP) is 2.85. The van der Waals surface area contributed by atoms with Crippen LogP contribution in [0.15, 0.2) is 48.5 Å². The Balaban J connectivity index is 1.72. The molecule has 0 unspecified atom stereocenters. The van der Waals surface area contributed by atoms with E-state index in [1.807, 2.05) is 6.07 Å². The number of rotatable bonds is 5. The van der Waals surface area contributed by atoms with Crippen molar-refractivity contribution >= 4 is 28.9 Å². The number of benzene rings is 2. The first-order valence-electron chi connectivity index (χ1n) is 7.60. The smallest absolute Gasteiger partial charge is 0.484 e. The van der Waals surface area contributed by atoms with E-state index in [1.165, 1.54) is 12.1 Å². The average Bonchev–Trinajstić information content (AvgIpc) is 2.65. The number of hydrazine groups is 1. The Labute approximate surface area is 163 Å². The van der Waals surface area contributed by atoms with E-state index < -0.39 is 12.3 Å². The van der Waals surface area contributed by atoms with Gasteiger partial charge < -0.3 is 14.8 Å². The maximum absolute atomic E-state index is 12.1. The Bertz CT molecular complexity index is 865. The fourth-order valence-electron chi connectivity index (χ4n) is 1.84. The van der Waals surface area contributed by atoms with Crippen molar-refractivity contribution in [2.75, 3.05) is 11.9 Å². The molecule has 0 saturated carbocycles. The molecule has 0 aliphatic heterocycles. The first-order chi connectivity index (χ1) is 13.2. The van der Waals surface area contributed by atoms with E-state index in [0.29, 0.717) is 17.0 Å². The molecule has 11 heteroatoms. The first-order valence-corrected chi connectivity index (χ1v) is 8.00. The molecule has 1 amide bonds. The number of carbonyl (C=O) groups excluding carboxylic acids is 1. The quantitative estimate of drug-likeness (QED) is 0.515. The van der Waals surface area contributed by atoms with Gasteiger partial charge in [-0.3, -0.25) is 15.6 Å². The van der Waals surface area contributed by atoms with Crippen molar-refractivity contribution in [1.29, 1.82) is 5.26 Å². The van der Waals surface area contributed by atoms with E-state index in [-0.39, 0.29) is 17.5 Å². The second-order valence-corrected chi connectivity index (χ2v) is 5.53. The van der Waals surface area contributed by atoms with E-state index in [1.54, 1.807) is 24.3 Å². The lowest BCUT2D eigenvalue weighted by atomic mass is 10.2. The van der Waals surface area contributed by atoms with Crippen molar-refractivity contribution in [1.82, 2.24) is 10.9 Å². The second-order valence-electron chi connectivity index (χ2n) is 5.12. The first kappa shape index (κ1) is 20.8. The largest absolute Gasteiger partial charge is 0.573 e. The van der Waals surface area contributed by atoms with Gasteiger partial charge in [0.25, 0.3) is 5.91 Å². The van der Waals surface area contributed by atoms with Gasteiger partial charge in [0.15, 0.2) is 11.7 Å². The van der Waals surface area contributed by atoms with Gasteiger partial charge in [-0.1, -0.05) is 0 Å². The number of nitrogens with one attached hydrogen (secondary N) is 3. The molecule has 0 fully saturated rings. The van der Waals surface area contributed by atoms with Crippen LogP contribution in [-0.2, 0) is 4.79 Å². The Morgan fingerprint density at radius 3 is 2.21 bits per heavy atom. The number of anilines is 1. The van der Waals surface area contributed by atoms with Gasteiger partial charge in [0, 0.05) is 5.69 Å². The molecule has 0 aromatic heterocycles. The highest BCUT2D eigenvalue weighted by molar-refractivity contribution is 7.80. The van der Waals surface area contributed by atoms with E-state index in [9.17, 15) is 18.0 Å². The molecule has 0 radical (unpaired) electrons. The van der Waals surface area contributed by atoms with E-state index in [2.05, 4.69) is 20.9 Å². The van der Waals surface area contributed by atoms with Crippen LogP contribution in [0, 0.1) is 11.3 Å². The minimum Gasteiger partial charge on any atom is -0.484 e. The molecule has 3 N–H and O–H groups in total. The Kier molecular flexibility index (Phi) is 7.00. The number of carbonyl (C=O) groups is 1. The van der Waals surface area contributed by atoms with Crippen molar-refractivity contribution in [3.8, 4) is 17.6 Å². The van der Waals surface area contributed by atoms with Gasteiger partial charge in [0.05, 0.1) is 11.6 Å². The van der Waals surface area contributed by atoms with Gasteiger partial charge in [0.1, 0.15) is 11.5 Å². The van der Waals surface area contributed by atoms with E-state index in [4.69, 9.17) is 22.2 Å². The van der Waals surface area contributed by atoms with Gasteiger partial charge in [-0.2, -0.15) is 5.26 Å². The standard InChI is InChI=1S/C17H13F3N4O3S/c18-17(19,20)27-14-7-3-12(4-8-14)22-16(28)24-23-15(25)10-26-13-5-1-11(9-21)2-6-13/h1-8H,10H2,(H,23,25)(H2,22,24,28). The third-order valence-electron chi connectivity index (χ3n) is 3.01. The highest BCUT2D eigenvalue weighted by Gasteiger charge is 2.30. The summed E-state index contributed by atoms with van der Waals surface area (Å²) in [6.45, 7) is -0.301. The van der Waals surface area contributed by atoms with Crippen molar-refractivity contribution in [2.45, 2.75) is 6.36 Å². The monoisotopic (exact) mass is 410 g/mol. The zero-order valence-corrected chi connectivity index (χ0v) is 14.9. The number of hydrogen-bond donors (Lipinski definition) is 3. The topological polar surface area (TPSA) is 95.4 Å². The number of hydrogen-bond acceptors (Lipinski definition) is 5. The third kappa shape index (κ3) is 7.38. The summed E-state index contributed by atoms with van der Waals surface area (Å²) in [7, 11) is 0. The lowest BCUT2D eigenvalue weighted by molar-refractivity contribution is -0.274. The Morgan fingerprint density at radius 1 is 1.04 bits per heavy atom. The van der Waals surface area contributed by atoms with Crippen LogP contribution in [0.3, 0.4) is 0 Å². The summed E-state index contributed by atoms with van der Waals surface area (Å²) in [6.07, 6.45) is -4.77. The van der Waals surface area contributed by atoms with Gasteiger partial charge in [-0.15, -0.1) is 13.2 Å². The van der Waals surface area contributed by atoms with Gasteiger partial charge in [0.2, 0.25) is 0 Å². The molecule has 0 bridgehead atoms. The fourth-order valence-corrected chi connectivity index (χ4v) is 2.01. The molecule has 0 saturated heterocycles. The summed E-state index contributed by atoms with van der Waals surface area (Å²) in [6, 6.07) is 13.0. The van der Waals surface area contributed by atoms with Crippen LogP contribution in [0.5, 0.6) is 11.5 Å². The lowest BCUT2D eigenvalue weighted by Crippen LogP contribution is -2.45. The van der Waals surface area contributed by atoms with Crippen LogP contribution >= 0.6 is 12.2 Å².